The Hall–Kier alpha value is -2.21. The number of nitrogens with zero attached hydrogens (tertiary/aromatic N) is 1. The van der Waals surface area contributed by atoms with Gasteiger partial charge in [0.05, 0.1) is 11.8 Å². The summed E-state index contributed by atoms with van der Waals surface area (Å²) >= 11 is 0. The second-order valence-corrected chi connectivity index (χ2v) is 8.38. The number of aryl methyl sites for hydroxylation is 1. The van der Waals surface area contributed by atoms with Gasteiger partial charge in [-0.15, -0.1) is 0 Å². The van der Waals surface area contributed by atoms with Gasteiger partial charge in [0, 0.05) is 22.8 Å². The van der Waals surface area contributed by atoms with Crippen LogP contribution in [-0.2, 0) is 19.9 Å². The fourth-order valence-corrected chi connectivity index (χ4v) is 4.80. The molecule has 0 aromatic heterocycles. The summed E-state index contributed by atoms with van der Waals surface area (Å²) in [5, 5.41) is 6.25. The number of fused-ring (bicyclic) bond motifs is 4. The molecule has 0 bridgehead atoms. The van der Waals surface area contributed by atoms with Crippen LogP contribution in [0.3, 0.4) is 0 Å². The predicted octanol–water partition coefficient (Wildman–Crippen LogP) is 1.53. The highest BCUT2D eigenvalue weighted by Gasteiger charge is 2.70. The van der Waals surface area contributed by atoms with Crippen molar-refractivity contribution < 1.29 is 14.4 Å². The molecule has 3 heterocycles. The van der Waals surface area contributed by atoms with Crippen molar-refractivity contribution >= 4 is 23.4 Å². The van der Waals surface area contributed by atoms with Crippen molar-refractivity contribution in [3.63, 3.8) is 0 Å². The van der Waals surface area contributed by atoms with Crippen LogP contribution in [0.15, 0.2) is 18.2 Å². The van der Waals surface area contributed by atoms with Crippen LogP contribution in [0.4, 0.5) is 5.69 Å². The van der Waals surface area contributed by atoms with Gasteiger partial charge in [-0.3, -0.25) is 24.6 Å². The molecule has 25 heavy (non-hydrogen) atoms. The Morgan fingerprint density at radius 2 is 1.80 bits per heavy atom. The molecule has 6 heteroatoms. The van der Waals surface area contributed by atoms with Crippen molar-refractivity contribution in [2.45, 2.75) is 51.7 Å². The molecular weight excluding hydrogens is 318 g/mol. The van der Waals surface area contributed by atoms with E-state index >= 15 is 0 Å². The molecule has 0 saturated carbocycles. The third-order valence-corrected chi connectivity index (χ3v) is 5.78. The van der Waals surface area contributed by atoms with Crippen LogP contribution in [0.1, 0.15) is 38.8 Å². The van der Waals surface area contributed by atoms with E-state index in [9.17, 15) is 14.4 Å². The quantitative estimate of drug-likeness (QED) is 0.702. The van der Waals surface area contributed by atoms with Gasteiger partial charge in [0.25, 0.3) is 0 Å². The van der Waals surface area contributed by atoms with Crippen LogP contribution >= 0.6 is 0 Å². The Morgan fingerprint density at radius 3 is 2.44 bits per heavy atom. The second kappa shape index (κ2) is 4.69. The van der Waals surface area contributed by atoms with Crippen molar-refractivity contribution in [2.75, 3.05) is 5.32 Å². The average Bonchev–Trinajstić information content (AvgIpc) is 3.05. The number of imide groups is 1. The lowest BCUT2D eigenvalue weighted by Crippen LogP contribution is -2.55. The van der Waals surface area contributed by atoms with Crippen LogP contribution in [0.25, 0.3) is 0 Å². The third-order valence-electron chi connectivity index (χ3n) is 5.78. The van der Waals surface area contributed by atoms with Gasteiger partial charge in [0.15, 0.2) is 0 Å². The van der Waals surface area contributed by atoms with Gasteiger partial charge >= 0.3 is 0 Å². The molecule has 3 amide bonds. The van der Waals surface area contributed by atoms with E-state index in [4.69, 9.17) is 0 Å². The number of nitrogens with one attached hydrogen (secondary N) is 2. The zero-order chi connectivity index (χ0) is 18.3. The topological polar surface area (TPSA) is 78.5 Å². The van der Waals surface area contributed by atoms with E-state index in [0.717, 1.165) is 16.8 Å². The largest absolute Gasteiger partial charge is 0.324 e. The van der Waals surface area contributed by atoms with E-state index in [1.807, 2.05) is 52.8 Å². The van der Waals surface area contributed by atoms with E-state index in [2.05, 4.69) is 10.6 Å². The molecule has 3 aliphatic rings. The molecule has 0 radical (unpaired) electrons. The Kier molecular flexibility index (Phi) is 3.06. The Balaban J connectivity index is 1.93. The summed E-state index contributed by atoms with van der Waals surface area (Å²) in [6, 6.07) is 5.43. The maximum absolute atomic E-state index is 13.3. The summed E-state index contributed by atoms with van der Waals surface area (Å²) in [5.41, 5.74) is 0.698. The number of amides is 3. The number of hydrogen-bond donors (Lipinski definition) is 2. The van der Waals surface area contributed by atoms with Crippen molar-refractivity contribution in [1.82, 2.24) is 10.2 Å². The first-order valence-electron chi connectivity index (χ1n) is 8.68. The van der Waals surface area contributed by atoms with Crippen molar-refractivity contribution in [3.05, 3.63) is 29.3 Å². The Morgan fingerprint density at radius 1 is 1.12 bits per heavy atom. The fraction of sp³-hybridized carbons (Fsp3) is 0.526. The average molecular weight is 341 g/mol. The molecule has 2 saturated heterocycles. The van der Waals surface area contributed by atoms with Gasteiger partial charge in [-0.2, -0.15) is 0 Å². The number of carbonyl (C=O) groups is 3. The van der Waals surface area contributed by atoms with Gasteiger partial charge in [-0.05, 0) is 40.2 Å². The highest BCUT2D eigenvalue weighted by Crippen LogP contribution is 2.54. The lowest BCUT2D eigenvalue weighted by molar-refractivity contribution is -0.147. The monoisotopic (exact) mass is 341 g/mol. The first-order valence-corrected chi connectivity index (χ1v) is 8.68. The summed E-state index contributed by atoms with van der Waals surface area (Å²) in [5.74, 6) is -1.92. The van der Waals surface area contributed by atoms with Gasteiger partial charge in [0.2, 0.25) is 17.7 Å². The normalized spacial score (nSPS) is 33.9. The second-order valence-electron chi connectivity index (χ2n) is 8.38. The Bertz CT molecular complexity index is 826. The smallest absolute Gasteiger partial charge is 0.250 e. The van der Waals surface area contributed by atoms with E-state index in [1.165, 1.54) is 4.90 Å². The molecule has 0 unspecified atom stereocenters. The summed E-state index contributed by atoms with van der Waals surface area (Å²) in [6.07, 6.45) is 0. The van der Waals surface area contributed by atoms with Crippen molar-refractivity contribution in [3.8, 4) is 0 Å². The molecule has 4 rings (SSSR count). The number of hydrogen-bond acceptors (Lipinski definition) is 4. The molecule has 1 spiro atoms. The fourth-order valence-electron chi connectivity index (χ4n) is 4.80. The van der Waals surface area contributed by atoms with Gasteiger partial charge < -0.3 is 5.32 Å². The van der Waals surface area contributed by atoms with Crippen LogP contribution in [0.2, 0.25) is 0 Å². The molecule has 2 fully saturated rings. The van der Waals surface area contributed by atoms with Gasteiger partial charge in [-0.1, -0.05) is 18.2 Å². The minimum atomic E-state index is -1.17. The molecular formula is C19H23N3O3. The highest BCUT2D eigenvalue weighted by atomic mass is 16.2. The zero-order valence-corrected chi connectivity index (χ0v) is 15.1. The number of carbonyl (C=O) groups excluding carboxylic acids is 3. The zero-order valence-electron chi connectivity index (χ0n) is 15.1. The Labute approximate surface area is 147 Å². The maximum Gasteiger partial charge on any atom is 0.250 e. The number of likely N-dealkylation sites (tertiary alicyclic amines) is 1. The molecule has 2 N–H and O–H groups in total. The number of benzene rings is 1. The summed E-state index contributed by atoms with van der Waals surface area (Å²) in [7, 11) is 0. The van der Waals surface area contributed by atoms with Crippen LogP contribution in [-0.4, -0.2) is 34.2 Å². The summed E-state index contributed by atoms with van der Waals surface area (Å²) in [4.78, 5) is 40.7. The molecule has 0 aliphatic carbocycles. The highest BCUT2D eigenvalue weighted by molar-refractivity contribution is 6.15. The van der Waals surface area contributed by atoms with E-state index < -0.39 is 22.9 Å². The number of para-hydroxylation sites is 1. The van der Waals surface area contributed by atoms with Gasteiger partial charge in [0.1, 0.15) is 5.54 Å². The van der Waals surface area contributed by atoms with Crippen LogP contribution < -0.4 is 10.6 Å². The molecule has 1 aromatic carbocycles. The lowest BCUT2D eigenvalue weighted by Gasteiger charge is -2.34. The minimum absolute atomic E-state index is 0.187. The molecule has 4 atom stereocenters. The first kappa shape index (κ1) is 16.3. The van der Waals surface area contributed by atoms with E-state index in [-0.39, 0.29) is 23.8 Å². The van der Waals surface area contributed by atoms with Crippen LogP contribution in [0.5, 0.6) is 0 Å². The predicted molar refractivity (Wildman–Crippen MR) is 92.7 cm³/mol. The number of rotatable bonds is 0. The number of anilines is 1. The molecule has 1 aromatic rings. The SMILES string of the molecule is Cc1cccc2c1NC(=O)[C@]21N[C@@H](C)[C@H]2C(=O)N(C(C)(C)C)C(=O)[C@H]21. The van der Waals surface area contributed by atoms with Gasteiger partial charge in [-0.25, -0.2) is 0 Å². The van der Waals surface area contributed by atoms with Crippen molar-refractivity contribution in [1.29, 1.82) is 0 Å². The maximum atomic E-state index is 13.3. The molecule has 3 aliphatic heterocycles. The minimum Gasteiger partial charge on any atom is -0.324 e. The first-order chi connectivity index (χ1) is 11.6. The standard InChI is InChI=1S/C19H23N3O3/c1-9-7-6-8-11-14(9)20-17(25)19(11)13-12(10(2)21-19)15(23)22(16(13)24)18(3,4)5/h6-8,10,12-13,21H,1-5H3,(H,20,25)/t10-,12+,13-,19-/m0/s1. The molecule has 132 valence electrons. The third kappa shape index (κ3) is 1.80. The molecule has 6 nitrogen and oxygen atoms in total. The summed E-state index contributed by atoms with van der Waals surface area (Å²) < 4.78 is 0. The van der Waals surface area contributed by atoms with Crippen LogP contribution in [0, 0.1) is 18.8 Å². The summed E-state index contributed by atoms with van der Waals surface area (Å²) in [6.45, 7) is 9.35. The van der Waals surface area contributed by atoms with Crippen molar-refractivity contribution in [2.24, 2.45) is 11.8 Å². The lowest BCUT2D eigenvalue weighted by atomic mass is 9.76. The van der Waals surface area contributed by atoms with E-state index in [0.29, 0.717) is 0 Å². The van der Waals surface area contributed by atoms with E-state index in [1.54, 1.807) is 0 Å².